The van der Waals surface area contributed by atoms with Gasteiger partial charge in [0.25, 0.3) is 0 Å². The van der Waals surface area contributed by atoms with Crippen molar-refractivity contribution in [2.24, 2.45) is 5.73 Å². The maximum atomic E-state index is 11.5. The van der Waals surface area contributed by atoms with Gasteiger partial charge in [-0.3, -0.25) is 4.79 Å². The Morgan fingerprint density at radius 1 is 1.35 bits per heavy atom. The van der Waals surface area contributed by atoms with Crippen LogP contribution in [0.25, 0.3) is 0 Å². The molecule has 20 heavy (non-hydrogen) atoms. The topological polar surface area (TPSA) is 120 Å². The molecule has 8 nitrogen and oxygen atoms in total. The molecule has 2 rings (SSSR count). The largest absolute Gasteiger partial charge is 0.461 e. The van der Waals surface area contributed by atoms with Crippen LogP contribution in [0.15, 0.2) is 0 Å². The third kappa shape index (κ3) is 3.25. The Hall–Kier alpha value is -2.12. The van der Waals surface area contributed by atoms with Gasteiger partial charge >= 0.3 is 6.01 Å². The molecule has 0 aromatic carbocycles. The van der Waals surface area contributed by atoms with Gasteiger partial charge in [0, 0.05) is 6.54 Å². The number of aromatic nitrogens is 3. The average molecular weight is 280 g/mol. The van der Waals surface area contributed by atoms with Crippen LogP contribution < -0.4 is 21.1 Å². The Morgan fingerprint density at radius 2 is 2.10 bits per heavy atom. The third-order valence-electron chi connectivity index (χ3n) is 3.05. The molecular weight excluding hydrogens is 260 g/mol. The number of nitrogens with zero attached hydrogens (tertiary/aromatic N) is 4. The summed E-state index contributed by atoms with van der Waals surface area (Å²) in [6.07, 6.45) is 2.54. The van der Waals surface area contributed by atoms with E-state index >= 15 is 0 Å². The molecule has 1 aliphatic heterocycles. The number of anilines is 2. The van der Waals surface area contributed by atoms with Gasteiger partial charge in [-0.15, -0.1) is 0 Å². The van der Waals surface area contributed by atoms with E-state index in [-0.39, 0.29) is 24.0 Å². The SMILES string of the molecule is CC(C)Oc1nc(N)nc(N2CCCCC2C(N)=O)n1. The molecule has 110 valence electrons. The Labute approximate surface area is 117 Å². The molecule has 0 bridgehead atoms. The number of nitrogen functional groups attached to an aromatic ring is 1. The highest BCUT2D eigenvalue weighted by molar-refractivity contribution is 5.83. The first-order chi connectivity index (χ1) is 9.47. The number of carbonyl (C=O) groups is 1. The third-order valence-corrected chi connectivity index (χ3v) is 3.05. The van der Waals surface area contributed by atoms with E-state index in [0.717, 1.165) is 12.8 Å². The zero-order chi connectivity index (χ0) is 14.7. The molecule has 1 atom stereocenters. The molecule has 1 aliphatic rings. The quantitative estimate of drug-likeness (QED) is 0.801. The second kappa shape index (κ2) is 5.89. The zero-order valence-corrected chi connectivity index (χ0v) is 11.7. The van der Waals surface area contributed by atoms with Crippen LogP contribution in [0, 0.1) is 0 Å². The van der Waals surface area contributed by atoms with E-state index in [9.17, 15) is 4.79 Å². The Morgan fingerprint density at radius 3 is 2.75 bits per heavy atom. The maximum absolute atomic E-state index is 11.5. The molecular formula is C12H20N6O2. The first kappa shape index (κ1) is 14.3. The number of hydrogen-bond acceptors (Lipinski definition) is 7. The fourth-order valence-corrected chi connectivity index (χ4v) is 2.22. The molecule has 1 saturated heterocycles. The summed E-state index contributed by atoms with van der Waals surface area (Å²) >= 11 is 0. The van der Waals surface area contributed by atoms with Gasteiger partial charge in [0.05, 0.1) is 6.10 Å². The number of hydrogen-bond donors (Lipinski definition) is 2. The Kier molecular flexibility index (Phi) is 4.21. The lowest BCUT2D eigenvalue weighted by molar-refractivity contribution is -0.119. The lowest BCUT2D eigenvalue weighted by Crippen LogP contribution is -2.48. The second-order valence-electron chi connectivity index (χ2n) is 5.05. The van der Waals surface area contributed by atoms with Gasteiger partial charge in [-0.05, 0) is 33.1 Å². The number of primary amides is 1. The minimum absolute atomic E-state index is 0.0689. The number of rotatable bonds is 4. The van der Waals surface area contributed by atoms with E-state index in [0.29, 0.717) is 18.9 Å². The monoisotopic (exact) mass is 280 g/mol. The van der Waals surface area contributed by atoms with E-state index in [1.807, 2.05) is 13.8 Å². The number of amides is 1. The highest BCUT2D eigenvalue weighted by atomic mass is 16.5. The van der Waals surface area contributed by atoms with Gasteiger partial charge in [-0.25, -0.2) is 0 Å². The van der Waals surface area contributed by atoms with Crippen molar-refractivity contribution in [1.82, 2.24) is 15.0 Å². The van der Waals surface area contributed by atoms with Crippen LogP contribution in [0.2, 0.25) is 0 Å². The number of carbonyl (C=O) groups excluding carboxylic acids is 1. The summed E-state index contributed by atoms with van der Waals surface area (Å²) in [7, 11) is 0. The Balaban J connectivity index is 2.30. The van der Waals surface area contributed by atoms with Crippen molar-refractivity contribution in [3.8, 4) is 6.01 Å². The molecule has 8 heteroatoms. The fraction of sp³-hybridized carbons (Fsp3) is 0.667. The fourth-order valence-electron chi connectivity index (χ4n) is 2.22. The van der Waals surface area contributed by atoms with Crippen LogP contribution >= 0.6 is 0 Å². The molecule has 1 aromatic rings. The van der Waals surface area contributed by atoms with Crippen LogP contribution in [0.1, 0.15) is 33.1 Å². The van der Waals surface area contributed by atoms with Crippen LogP contribution in [0.4, 0.5) is 11.9 Å². The summed E-state index contributed by atoms with van der Waals surface area (Å²) < 4.78 is 5.44. The summed E-state index contributed by atoms with van der Waals surface area (Å²) in [4.78, 5) is 25.6. The summed E-state index contributed by atoms with van der Waals surface area (Å²) in [6.45, 7) is 4.40. The van der Waals surface area contributed by atoms with Crippen molar-refractivity contribution < 1.29 is 9.53 Å². The zero-order valence-electron chi connectivity index (χ0n) is 11.7. The highest BCUT2D eigenvalue weighted by Gasteiger charge is 2.29. The molecule has 2 heterocycles. The van der Waals surface area contributed by atoms with Crippen molar-refractivity contribution in [2.45, 2.75) is 45.3 Å². The molecule has 1 fully saturated rings. The van der Waals surface area contributed by atoms with Gasteiger partial charge in [0.2, 0.25) is 17.8 Å². The molecule has 0 radical (unpaired) electrons. The van der Waals surface area contributed by atoms with E-state index in [2.05, 4.69) is 15.0 Å². The molecule has 1 amide bonds. The molecule has 0 saturated carbocycles. The van der Waals surface area contributed by atoms with Gasteiger partial charge in [-0.1, -0.05) is 0 Å². The summed E-state index contributed by atoms with van der Waals surface area (Å²) in [5.41, 5.74) is 11.1. The van der Waals surface area contributed by atoms with Crippen molar-refractivity contribution in [1.29, 1.82) is 0 Å². The molecule has 4 N–H and O–H groups in total. The number of ether oxygens (including phenoxy) is 1. The first-order valence-electron chi connectivity index (χ1n) is 6.71. The molecule has 0 spiro atoms. The van der Waals surface area contributed by atoms with E-state index < -0.39 is 6.04 Å². The first-order valence-corrected chi connectivity index (χ1v) is 6.71. The average Bonchev–Trinajstić information content (AvgIpc) is 2.37. The van der Waals surface area contributed by atoms with Crippen molar-refractivity contribution in [2.75, 3.05) is 17.2 Å². The summed E-state index contributed by atoms with van der Waals surface area (Å²) in [6, 6.07) is -0.242. The molecule has 0 aliphatic carbocycles. The minimum atomic E-state index is -0.405. The van der Waals surface area contributed by atoms with Gasteiger partial charge in [0.15, 0.2) is 0 Å². The predicted octanol–water partition coefficient (Wildman–Crippen LogP) is 0.0852. The van der Waals surface area contributed by atoms with Gasteiger partial charge < -0.3 is 21.1 Å². The van der Waals surface area contributed by atoms with E-state index in [1.54, 1.807) is 4.90 Å². The van der Waals surface area contributed by atoms with Crippen molar-refractivity contribution in [3.05, 3.63) is 0 Å². The van der Waals surface area contributed by atoms with Gasteiger partial charge in [-0.2, -0.15) is 15.0 Å². The number of piperidine rings is 1. The second-order valence-corrected chi connectivity index (χ2v) is 5.05. The molecule has 1 aromatic heterocycles. The van der Waals surface area contributed by atoms with Crippen LogP contribution in [0.5, 0.6) is 6.01 Å². The minimum Gasteiger partial charge on any atom is -0.461 e. The Bertz CT molecular complexity index is 493. The van der Waals surface area contributed by atoms with Crippen molar-refractivity contribution >= 4 is 17.8 Å². The van der Waals surface area contributed by atoms with E-state index in [1.165, 1.54) is 0 Å². The van der Waals surface area contributed by atoms with E-state index in [4.69, 9.17) is 16.2 Å². The summed E-state index contributed by atoms with van der Waals surface area (Å²) in [5, 5.41) is 0. The predicted molar refractivity (Wildman–Crippen MR) is 74.2 cm³/mol. The molecule has 1 unspecified atom stereocenters. The lowest BCUT2D eigenvalue weighted by Gasteiger charge is -2.33. The summed E-state index contributed by atoms with van der Waals surface area (Å²) in [5.74, 6) is 0.0334. The van der Waals surface area contributed by atoms with Crippen LogP contribution in [0.3, 0.4) is 0 Å². The standard InChI is InChI=1S/C12H20N6O2/c1-7(2)20-12-16-10(14)15-11(17-12)18-6-4-3-5-8(18)9(13)19/h7-8H,3-6H2,1-2H3,(H2,13,19)(H2,14,15,16,17). The number of nitrogens with two attached hydrogens (primary N) is 2. The normalized spacial score (nSPS) is 19.1. The maximum Gasteiger partial charge on any atom is 0.323 e. The van der Waals surface area contributed by atoms with Crippen LogP contribution in [-0.4, -0.2) is 39.5 Å². The smallest absolute Gasteiger partial charge is 0.323 e. The van der Waals surface area contributed by atoms with Gasteiger partial charge in [0.1, 0.15) is 6.04 Å². The van der Waals surface area contributed by atoms with Crippen molar-refractivity contribution in [3.63, 3.8) is 0 Å². The highest BCUT2D eigenvalue weighted by Crippen LogP contribution is 2.23. The lowest BCUT2D eigenvalue weighted by atomic mass is 10.0. The van der Waals surface area contributed by atoms with Crippen LogP contribution in [-0.2, 0) is 4.79 Å².